The normalized spacial score (nSPS) is 11.2. The number of unbranched alkanes of at least 4 members (excludes halogenated alkanes) is 1. The fraction of sp³-hybridized carbons (Fsp3) is 0.474. The summed E-state index contributed by atoms with van der Waals surface area (Å²) in [7, 11) is 0. The predicted octanol–water partition coefficient (Wildman–Crippen LogP) is 4.63. The largest absolute Gasteiger partial charge is 0.494 e. The molecule has 2 heteroatoms. The van der Waals surface area contributed by atoms with Crippen molar-refractivity contribution in [3.8, 4) is 5.75 Å². The van der Waals surface area contributed by atoms with Gasteiger partial charge < -0.3 is 10.1 Å². The predicted molar refractivity (Wildman–Crippen MR) is 91.0 cm³/mol. The van der Waals surface area contributed by atoms with E-state index in [0.29, 0.717) is 0 Å². The molecule has 114 valence electrons. The van der Waals surface area contributed by atoms with E-state index in [1.807, 2.05) is 0 Å². The van der Waals surface area contributed by atoms with Crippen molar-refractivity contribution in [2.24, 2.45) is 5.92 Å². The molecule has 0 bridgehead atoms. The Morgan fingerprint density at radius 3 is 2.57 bits per heavy atom. The van der Waals surface area contributed by atoms with E-state index in [2.05, 4.69) is 61.6 Å². The van der Waals surface area contributed by atoms with Crippen molar-refractivity contribution < 1.29 is 4.74 Å². The molecule has 0 aliphatic rings. The SMILES string of the molecule is CC(C)CCNCCCCOc1ccc2ccccc2c1. The van der Waals surface area contributed by atoms with Gasteiger partial charge in [0.2, 0.25) is 0 Å². The quantitative estimate of drug-likeness (QED) is 0.678. The molecular formula is C19H27NO. The molecule has 1 N–H and O–H groups in total. The lowest BCUT2D eigenvalue weighted by Crippen LogP contribution is -2.18. The van der Waals surface area contributed by atoms with Crippen LogP contribution in [0.4, 0.5) is 0 Å². The Bertz CT molecular complexity index is 536. The summed E-state index contributed by atoms with van der Waals surface area (Å²) in [5.74, 6) is 1.76. The van der Waals surface area contributed by atoms with Gasteiger partial charge in [0.1, 0.15) is 5.75 Å². The first kappa shape index (κ1) is 15.8. The fourth-order valence-corrected chi connectivity index (χ4v) is 2.32. The third-order valence-corrected chi connectivity index (χ3v) is 3.64. The maximum Gasteiger partial charge on any atom is 0.119 e. The molecule has 2 aromatic carbocycles. The first-order chi connectivity index (χ1) is 10.3. The Morgan fingerprint density at radius 1 is 0.952 bits per heavy atom. The van der Waals surface area contributed by atoms with Gasteiger partial charge in [0, 0.05) is 0 Å². The van der Waals surface area contributed by atoms with Gasteiger partial charge in [-0.25, -0.2) is 0 Å². The maximum atomic E-state index is 5.83. The van der Waals surface area contributed by atoms with Crippen molar-refractivity contribution in [3.63, 3.8) is 0 Å². The third-order valence-electron chi connectivity index (χ3n) is 3.64. The first-order valence-electron chi connectivity index (χ1n) is 8.08. The van der Waals surface area contributed by atoms with Gasteiger partial charge in [-0.1, -0.05) is 44.2 Å². The van der Waals surface area contributed by atoms with Crippen LogP contribution in [-0.2, 0) is 0 Å². The highest BCUT2D eigenvalue weighted by Crippen LogP contribution is 2.20. The van der Waals surface area contributed by atoms with Crippen molar-refractivity contribution in [1.82, 2.24) is 5.32 Å². The van der Waals surface area contributed by atoms with E-state index in [4.69, 9.17) is 4.74 Å². The molecule has 2 rings (SSSR count). The van der Waals surface area contributed by atoms with E-state index in [1.54, 1.807) is 0 Å². The van der Waals surface area contributed by atoms with Gasteiger partial charge in [0.15, 0.2) is 0 Å². The van der Waals surface area contributed by atoms with Crippen LogP contribution in [0, 0.1) is 5.92 Å². The number of rotatable bonds is 9. The molecule has 0 radical (unpaired) electrons. The minimum atomic E-state index is 0.786. The highest BCUT2D eigenvalue weighted by molar-refractivity contribution is 5.83. The molecule has 0 saturated carbocycles. The highest BCUT2D eigenvalue weighted by Gasteiger charge is 1.97. The molecule has 0 aromatic heterocycles. The van der Waals surface area contributed by atoms with Gasteiger partial charge >= 0.3 is 0 Å². The monoisotopic (exact) mass is 285 g/mol. The minimum absolute atomic E-state index is 0.786. The molecule has 0 spiro atoms. The van der Waals surface area contributed by atoms with Gasteiger partial charge in [-0.05, 0) is 61.2 Å². The lowest BCUT2D eigenvalue weighted by atomic mass is 10.1. The van der Waals surface area contributed by atoms with E-state index in [0.717, 1.165) is 37.8 Å². The number of hydrogen-bond acceptors (Lipinski definition) is 2. The molecule has 0 atom stereocenters. The Balaban J connectivity index is 1.61. The number of ether oxygens (including phenoxy) is 1. The van der Waals surface area contributed by atoms with Crippen LogP contribution in [0.3, 0.4) is 0 Å². The van der Waals surface area contributed by atoms with Crippen LogP contribution in [-0.4, -0.2) is 19.7 Å². The number of nitrogens with one attached hydrogen (secondary N) is 1. The van der Waals surface area contributed by atoms with E-state index < -0.39 is 0 Å². The molecule has 2 aromatic rings. The van der Waals surface area contributed by atoms with Crippen LogP contribution in [0.5, 0.6) is 5.75 Å². The minimum Gasteiger partial charge on any atom is -0.494 e. The second-order valence-corrected chi connectivity index (χ2v) is 6.00. The van der Waals surface area contributed by atoms with Crippen LogP contribution >= 0.6 is 0 Å². The maximum absolute atomic E-state index is 5.83. The van der Waals surface area contributed by atoms with Gasteiger partial charge in [-0.3, -0.25) is 0 Å². The van der Waals surface area contributed by atoms with Crippen LogP contribution in [0.2, 0.25) is 0 Å². The van der Waals surface area contributed by atoms with E-state index >= 15 is 0 Å². The number of hydrogen-bond donors (Lipinski definition) is 1. The summed E-state index contributed by atoms with van der Waals surface area (Å²) in [6.45, 7) is 7.54. The number of fused-ring (bicyclic) bond motifs is 1. The summed E-state index contributed by atoms with van der Waals surface area (Å²) in [6, 6.07) is 14.7. The summed E-state index contributed by atoms with van der Waals surface area (Å²) >= 11 is 0. The molecule has 0 heterocycles. The van der Waals surface area contributed by atoms with Crippen LogP contribution < -0.4 is 10.1 Å². The highest BCUT2D eigenvalue weighted by atomic mass is 16.5. The van der Waals surface area contributed by atoms with Crippen LogP contribution in [0.1, 0.15) is 33.1 Å². The molecular weight excluding hydrogens is 258 g/mol. The topological polar surface area (TPSA) is 21.3 Å². The van der Waals surface area contributed by atoms with Gasteiger partial charge in [0.25, 0.3) is 0 Å². The second-order valence-electron chi connectivity index (χ2n) is 6.00. The van der Waals surface area contributed by atoms with E-state index in [1.165, 1.54) is 23.6 Å². The fourth-order valence-electron chi connectivity index (χ4n) is 2.32. The smallest absolute Gasteiger partial charge is 0.119 e. The Labute approximate surface area is 128 Å². The Kier molecular flexibility index (Phi) is 6.55. The summed E-state index contributed by atoms with van der Waals surface area (Å²) in [6.07, 6.45) is 3.53. The molecule has 0 amide bonds. The van der Waals surface area contributed by atoms with E-state index in [9.17, 15) is 0 Å². The molecule has 0 unspecified atom stereocenters. The van der Waals surface area contributed by atoms with Crippen molar-refractivity contribution in [3.05, 3.63) is 42.5 Å². The van der Waals surface area contributed by atoms with Crippen molar-refractivity contribution in [2.75, 3.05) is 19.7 Å². The molecule has 0 fully saturated rings. The zero-order chi connectivity index (χ0) is 14.9. The van der Waals surface area contributed by atoms with Crippen LogP contribution in [0.25, 0.3) is 10.8 Å². The van der Waals surface area contributed by atoms with Gasteiger partial charge in [-0.15, -0.1) is 0 Å². The van der Waals surface area contributed by atoms with Crippen molar-refractivity contribution in [1.29, 1.82) is 0 Å². The summed E-state index contributed by atoms with van der Waals surface area (Å²) in [5.41, 5.74) is 0. The van der Waals surface area contributed by atoms with Gasteiger partial charge in [-0.2, -0.15) is 0 Å². The molecule has 0 saturated heterocycles. The van der Waals surface area contributed by atoms with Crippen LogP contribution in [0.15, 0.2) is 42.5 Å². The summed E-state index contributed by atoms with van der Waals surface area (Å²) in [5, 5.41) is 5.99. The molecule has 0 aliphatic carbocycles. The Hall–Kier alpha value is -1.54. The molecule has 2 nitrogen and oxygen atoms in total. The lowest BCUT2D eigenvalue weighted by Gasteiger charge is -2.08. The Morgan fingerprint density at radius 2 is 1.76 bits per heavy atom. The van der Waals surface area contributed by atoms with Crippen molar-refractivity contribution in [2.45, 2.75) is 33.1 Å². The average molecular weight is 285 g/mol. The van der Waals surface area contributed by atoms with Crippen molar-refractivity contribution >= 4 is 10.8 Å². The lowest BCUT2D eigenvalue weighted by molar-refractivity contribution is 0.306. The van der Waals surface area contributed by atoms with Gasteiger partial charge in [0.05, 0.1) is 6.61 Å². The first-order valence-corrected chi connectivity index (χ1v) is 8.08. The summed E-state index contributed by atoms with van der Waals surface area (Å²) < 4.78 is 5.83. The second kappa shape index (κ2) is 8.68. The molecule has 0 aliphatic heterocycles. The standard InChI is InChI=1S/C19H27NO/c1-16(2)11-13-20-12-5-6-14-21-19-10-9-17-7-3-4-8-18(17)15-19/h3-4,7-10,15-16,20H,5-6,11-14H2,1-2H3. The zero-order valence-electron chi connectivity index (χ0n) is 13.3. The average Bonchev–Trinajstić information content (AvgIpc) is 2.49. The number of benzene rings is 2. The molecule has 21 heavy (non-hydrogen) atoms. The third kappa shape index (κ3) is 5.76. The summed E-state index contributed by atoms with van der Waals surface area (Å²) in [4.78, 5) is 0. The van der Waals surface area contributed by atoms with E-state index in [-0.39, 0.29) is 0 Å². The zero-order valence-corrected chi connectivity index (χ0v) is 13.3.